The van der Waals surface area contributed by atoms with Crippen LogP contribution in [0.1, 0.15) is 33.7 Å². The number of amides is 2. The van der Waals surface area contributed by atoms with Gasteiger partial charge in [0.15, 0.2) is 10.8 Å². The third-order valence-electron chi connectivity index (χ3n) is 4.56. The number of thiazole rings is 1. The second-order valence-corrected chi connectivity index (χ2v) is 9.36. The molecule has 0 saturated carbocycles. The van der Waals surface area contributed by atoms with Crippen molar-refractivity contribution in [2.45, 2.75) is 17.7 Å². The van der Waals surface area contributed by atoms with E-state index in [-0.39, 0.29) is 16.2 Å². The van der Waals surface area contributed by atoms with E-state index in [0.717, 1.165) is 12.8 Å². The molecule has 4 rings (SSSR count). The number of sulfonamides is 1. The van der Waals surface area contributed by atoms with E-state index in [4.69, 9.17) is 4.42 Å². The largest absolute Gasteiger partial charge is 0.462 e. The Morgan fingerprint density at radius 1 is 1.07 bits per heavy atom. The van der Waals surface area contributed by atoms with Crippen molar-refractivity contribution in [3.8, 4) is 10.8 Å². The highest BCUT2D eigenvalue weighted by atomic mass is 32.2. The fourth-order valence-corrected chi connectivity index (χ4v) is 5.35. The number of carbonyl (C=O) groups is 2. The number of carbonyl (C=O) groups excluding carboxylic acids is 2. The topological polar surface area (TPSA) is 122 Å². The molecule has 0 bridgehead atoms. The maximum Gasteiger partial charge on any atom is 0.289 e. The molecule has 3 aromatic rings. The van der Waals surface area contributed by atoms with Crippen molar-refractivity contribution in [1.29, 1.82) is 0 Å². The molecule has 1 saturated heterocycles. The lowest BCUT2D eigenvalue weighted by Crippen LogP contribution is -2.41. The van der Waals surface area contributed by atoms with Crippen molar-refractivity contribution in [3.63, 3.8) is 0 Å². The van der Waals surface area contributed by atoms with Crippen LogP contribution >= 0.6 is 11.3 Å². The maximum atomic E-state index is 12.7. The van der Waals surface area contributed by atoms with E-state index in [9.17, 15) is 18.0 Å². The Hall–Kier alpha value is -3.02. The summed E-state index contributed by atoms with van der Waals surface area (Å²) in [5.41, 5.74) is 4.81. The van der Waals surface area contributed by atoms with Crippen molar-refractivity contribution < 1.29 is 22.4 Å². The number of aromatic nitrogens is 1. The second kappa shape index (κ2) is 8.38. The van der Waals surface area contributed by atoms with Crippen molar-refractivity contribution in [1.82, 2.24) is 20.1 Å². The Labute approximate surface area is 176 Å². The minimum absolute atomic E-state index is 0.0472. The van der Waals surface area contributed by atoms with Gasteiger partial charge in [-0.3, -0.25) is 20.4 Å². The number of nitrogens with one attached hydrogen (secondary N) is 2. The molecule has 3 heterocycles. The Morgan fingerprint density at radius 3 is 2.57 bits per heavy atom. The number of furan rings is 1. The number of hydrogen-bond donors (Lipinski definition) is 2. The summed E-state index contributed by atoms with van der Waals surface area (Å²) in [5.74, 6) is -0.694. The highest BCUT2D eigenvalue weighted by Crippen LogP contribution is 2.24. The quantitative estimate of drug-likeness (QED) is 0.580. The predicted molar refractivity (Wildman–Crippen MR) is 109 cm³/mol. The molecule has 0 radical (unpaired) electrons. The molecule has 2 aromatic heterocycles. The van der Waals surface area contributed by atoms with Crippen molar-refractivity contribution in [3.05, 3.63) is 59.3 Å². The molecule has 0 spiro atoms. The zero-order valence-corrected chi connectivity index (χ0v) is 17.3. The third kappa shape index (κ3) is 4.13. The van der Waals surface area contributed by atoms with Crippen molar-refractivity contribution in [2.24, 2.45) is 0 Å². The van der Waals surface area contributed by atoms with Gasteiger partial charge < -0.3 is 4.42 Å². The van der Waals surface area contributed by atoms with Gasteiger partial charge in [0, 0.05) is 24.0 Å². The van der Waals surface area contributed by atoms with Gasteiger partial charge in [0.05, 0.1) is 11.2 Å². The molecule has 9 nitrogen and oxygen atoms in total. The number of nitrogens with zero attached hydrogens (tertiary/aromatic N) is 2. The predicted octanol–water partition coefficient (Wildman–Crippen LogP) is 2.26. The third-order valence-corrected chi connectivity index (χ3v) is 7.31. The van der Waals surface area contributed by atoms with E-state index in [1.807, 2.05) is 0 Å². The molecule has 1 fully saturated rings. The molecular weight excluding hydrogens is 428 g/mol. The van der Waals surface area contributed by atoms with Crippen LogP contribution in [0.4, 0.5) is 0 Å². The summed E-state index contributed by atoms with van der Waals surface area (Å²) in [6.45, 7) is 0.949. The van der Waals surface area contributed by atoms with E-state index in [2.05, 4.69) is 15.8 Å². The van der Waals surface area contributed by atoms with Crippen LogP contribution in [0.15, 0.2) is 57.4 Å². The Balaban J connectivity index is 1.41. The smallest absolute Gasteiger partial charge is 0.289 e. The number of hydrogen-bond acceptors (Lipinski definition) is 7. The van der Waals surface area contributed by atoms with Crippen LogP contribution in [-0.4, -0.2) is 42.6 Å². The monoisotopic (exact) mass is 446 g/mol. The summed E-state index contributed by atoms with van der Waals surface area (Å²) >= 11 is 1.23. The van der Waals surface area contributed by atoms with Gasteiger partial charge in [-0.15, -0.1) is 11.3 Å². The van der Waals surface area contributed by atoms with Crippen LogP contribution in [0.3, 0.4) is 0 Å². The van der Waals surface area contributed by atoms with Gasteiger partial charge in [0.2, 0.25) is 10.0 Å². The SMILES string of the molecule is O=C(NNC(=O)c1csc(-c2ccco2)n1)c1cccc(S(=O)(=O)N2CCCC2)c1. The summed E-state index contributed by atoms with van der Waals surface area (Å²) in [4.78, 5) is 28.9. The lowest BCUT2D eigenvalue weighted by molar-refractivity contribution is 0.0844. The van der Waals surface area contributed by atoms with Gasteiger partial charge >= 0.3 is 0 Å². The molecule has 156 valence electrons. The van der Waals surface area contributed by atoms with Crippen LogP contribution in [0.25, 0.3) is 10.8 Å². The van der Waals surface area contributed by atoms with E-state index < -0.39 is 21.8 Å². The Bertz CT molecular complexity index is 1170. The van der Waals surface area contributed by atoms with Crippen molar-refractivity contribution in [2.75, 3.05) is 13.1 Å². The first-order chi connectivity index (χ1) is 14.4. The molecule has 1 aromatic carbocycles. The van der Waals surface area contributed by atoms with Crippen LogP contribution in [0.2, 0.25) is 0 Å². The first-order valence-electron chi connectivity index (χ1n) is 9.15. The van der Waals surface area contributed by atoms with Gasteiger partial charge in [-0.05, 0) is 43.2 Å². The zero-order chi connectivity index (χ0) is 21.1. The molecule has 0 aliphatic carbocycles. The lowest BCUT2D eigenvalue weighted by atomic mass is 10.2. The van der Waals surface area contributed by atoms with Crippen LogP contribution < -0.4 is 10.9 Å². The fourth-order valence-electron chi connectivity index (χ4n) is 3.02. The highest BCUT2D eigenvalue weighted by molar-refractivity contribution is 7.89. The minimum Gasteiger partial charge on any atom is -0.462 e. The summed E-state index contributed by atoms with van der Waals surface area (Å²) in [7, 11) is -3.64. The van der Waals surface area contributed by atoms with Gasteiger partial charge in [-0.1, -0.05) is 6.07 Å². The molecule has 2 amide bonds. The Kier molecular flexibility index (Phi) is 5.66. The average molecular weight is 447 g/mol. The summed E-state index contributed by atoms with van der Waals surface area (Å²) in [5, 5.41) is 2.08. The van der Waals surface area contributed by atoms with E-state index in [0.29, 0.717) is 23.9 Å². The standard InChI is InChI=1S/C19H18N4O5S2/c24-17(13-5-3-6-14(11-13)30(26,27)23-8-1-2-9-23)21-22-18(25)15-12-29-19(20-15)16-7-4-10-28-16/h3-7,10-12H,1-2,8-9H2,(H,21,24)(H,22,25). The second-order valence-electron chi connectivity index (χ2n) is 6.56. The van der Waals surface area contributed by atoms with E-state index in [1.54, 1.807) is 17.5 Å². The molecule has 11 heteroatoms. The molecular formula is C19H18N4O5S2. The van der Waals surface area contributed by atoms with E-state index in [1.165, 1.54) is 46.2 Å². The molecule has 0 unspecified atom stereocenters. The summed E-state index contributed by atoms with van der Waals surface area (Å²) in [6, 6.07) is 9.17. The fraction of sp³-hybridized carbons (Fsp3) is 0.211. The normalized spacial score (nSPS) is 14.5. The highest BCUT2D eigenvalue weighted by Gasteiger charge is 2.27. The average Bonchev–Trinajstić information content (AvgIpc) is 3.52. The maximum absolute atomic E-state index is 12.7. The van der Waals surface area contributed by atoms with Gasteiger partial charge in [-0.25, -0.2) is 13.4 Å². The summed E-state index contributed by atoms with van der Waals surface area (Å²) in [6.07, 6.45) is 3.15. The molecule has 0 atom stereocenters. The Morgan fingerprint density at radius 2 is 1.83 bits per heavy atom. The van der Waals surface area contributed by atoms with Crippen molar-refractivity contribution >= 4 is 33.2 Å². The number of benzene rings is 1. The van der Waals surface area contributed by atoms with Crippen LogP contribution in [0.5, 0.6) is 0 Å². The first kappa shape index (κ1) is 20.3. The van der Waals surface area contributed by atoms with Gasteiger partial charge in [0.1, 0.15) is 5.69 Å². The van der Waals surface area contributed by atoms with Crippen LogP contribution in [-0.2, 0) is 10.0 Å². The van der Waals surface area contributed by atoms with Crippen LogP contribution in [0, 0.1) is 0 Å². The van der Waals surface area contributed by atoms with E-state index >= 15 is 0 Å². The molecule has 1 aliphatic rings. The molecule has 2 N–H and O–H groups in total. The zero-order valence-electron chi connectivity index (χ0n) is 15.7. The number of rotatable bonds is 5. The molecule has 1 aliphatic heterocycles. The lowest BCUT2D eigenvalue weighted by Gasteiger charge is -2.16. The van der Waals surface area contributed by atoms with Gasteiger partial charge in [0.25, 0.3) is 11.8 Å². The minimum atomic E-state index is -3.64. The first-order valence-corrected chi connectivity index (χ1v) is 11.5. The van der Waals surface area contributed by atoms with Gasteiger partial charge in [-0.2, -0.15) is 4.31 Å². The summed E-state index contributed by atoms with van der Waals surface area (Å²) < 4.78 is 32.0. The molecule has 30 heavy (non-hydrogen) atoms. The number of hydrazine groups is 1.